The molecule has 1 aliphatic rings. The normalized spacial score (nSPS) is 26.9. The number of ether oxygens (including phenoxy) is 1. The molecule has 3 atom stereocenters. The Morgan fingerprint density at radius 2 is 2.11 bits per heavy atom. The van der Waals surface area contributed by atoms with Gasteiger partial charge in [-0.1, -0.05) is 38.4 Å². The Morgan fingerprint density at radius 3 is 2.61 bits per heavy atom. The van der Waals surface area contributed by atoms with E-state index in [0.717, 1.165) is 32.1 Å². The molecule has 0 aromatic rings. The summed E-state index contributed by atoms with van der Waals surface area (Å²) in [5, 5.41) is 0. The first-order valence-corrected chi connectivity index (χ1v) is 6.73. The lowest BCUT2D eigenvalue weighted by Gasteiger charge is -2.30. The molecule has 2 N–H and O–H groups in total. The van der Waals surface area contributed by atoms with Crippen molar-refractivity contribution in [1.29, 1.82) is 0 Å². The Hall–Kier alpha value is -0.360. The van der Waals surface area contributed by atoms with Crippen molar-refractivity contribution in [2.75, 3.05) is 6.61 Å². The molecule has 0 aliphatic heterocycles. The van der Waals surface area contributed by atoms with E-state index in [1.165, 1.54) is 0 Å². The van der Waals surface area contributed by atoms with Crippen LogP contribution in [0.4, 0.5) is 13.2 Å². The van der Waals surface area contributed by atoms with Gasteiger partial charge < -0.3 is 10.5 Å². The lowest BCUT2D eigenvalue weighted by atomic mass is 9.85. The third kappa shape index (κ3) is 4.72. The second-order valence-electron chi connectivity index (χ2n) is 4.89. The Labute approximate surface area is 111 Å². The monoisotopic (exact) mass is 283 g/mol. The van der Waals surface area contributed by atoms with Crippen molar-refractivity contribution in [1.82, 2.24) is 0 Å². The fraction of sp³-hybridized carbons (Fsp3) is 0.917. The van der Waals surface area contributed by atoms with Crippen LogP contribution in [0, 0.1) is 11.8 Å². The molecule has 1 saturated carbocycles. The lowest BCUT2D eigenvalue weighted by molar-refractivity contribution is -0.173. The zero-order valence-electron chi connectivity index (χ0n) is 10.5. The molecule has 2 nitrogen and oxygen atoms in total. The maximum Gasteiger partial charge on any atom is 0.400 e. The number of halogens is 3. The van der Waals surface area contributed by atoms with Gasteiger partial charge in [0.15, 0.2) is 0 Å². The first kappa shape index (κ1) is 15.7. The van der Waals surface area contributed by atoms with Crippen molar-refractivity contribution in [3.63, 3.8) is 0 Å². The van der Waals surface area contributed by atoms with Crippen LogP contribution in [0.25, 0.3) is 0 Å². The van der Waals surface area contributed by atoms with E-state index in [2.05, 4.69) is 19.1 Å². The molecule has 6 heteroatoms. The van der Waals surface area contributed by atoms with Crippen molar-refractivity contribution < 1.29 is 17.9 Å². The fourth-order valence-electron chi connectivity index (χ4n) is 2.33. The molecular formula is C12H20F3NOS. The zero-order valence-corrected chi connectivity index (χ0v) is 11.3. The highest BCUT2D eigenvalue weighted by Gasteiger charge is 2.42. The van der Waals surface area contributed by atoms with Crippen LogP contribution in [0.5, 0.6) is 0 Å². The maximum absolute atomic E-state index is 12.6. The molecule has 18 heavy (non-hydrogen) atoms. The van der Waals surface area contributed by atoms with Crippen LogP contribution >= 0.6 is 12.2 Å². The van der Waals surface area contributed by atoms with Crippen LogP contribution in [0.2, 0.25) is 0 Å². The molecule has 1 rings (SSSR count). The van der Waals surface area contributed by atoms with E-state index in [1.807, 2.05) is 0 Å². The molecule has 0 heterocycles. The summed E-state index contributed by atoms with van der Waals surface area (Å²) in [6, 6.07) is 0. The second-order valence-corrected chi connectivity index (χ2v) is 5.36. The second kappa shape index (κ2) is 6.70. The topological polar surface area (TPSA) is 35.2 Å². The van der Waals surface area contributed by atoms with Crippen LogP contribution < -0.4 is 5.73 Å². The SMILES string of the molecule is CCC1CCCC(OCC(C(N)=S)C(F)(F)F)C1. The quantitative estimate of drug-likeness (QED) is 0.785. The van der Waals surface area contributed by atoms with Gasteiger partial charge in [0.2, 0.25) is 0 Å². The van der Waals surface area contributed by atoms with E-state index in [-0.39, 0.29) is 6.10 Å². The molecule has 0 amide bonds. The Bertz CT molecular complexity index is 283. The van der Waals surface area contributed by atoms with E-state index in [4.69, 9.17) is 10.5 Å². The average Bonchev–Trinajstić information content (AvgIpc) is 2.27. The van der Waals surface area contributed by atoms with Crippen LogP contribution in [-0.2, 0) is 4.74 Å². The zero-order chi connectivity index (χ0) is 13.8. The van der Waals surface area contributed by atoms with Crippen molar-refractivity contribution in [2.24, 2.45) is 17.6 Å². The highest BCUT2D eigenvalue weighted by Crippen LogP contribution is 2.31. The highest BCUT2D eigenvalue weighted by atomic mass is 32.1. The van der Waals surface area contributed by atoms with E-state index in [1.54, 1.807) is 0 Å². The summed E-state index contributed by atoms with van der Waals surface area (Å²) in [5.41, 5.74) is 5.12. The predicted octanol–water partition coefficient (Wildman–Crippen LogP) is 3.44. The summed E-state index contributed by atoms with van der Waals surface area (Å²) in [6.45, 7) is 1.65. The molecule has 1 fully saturated rings. The van der Waals surface area contributed by atoms with Gasteiger partial charge >= 0.3 is 6.18 Å². The van der Waals surface area contributed by atoms with Crippen LogP contribution in [0.3, 0.4) is 0 Å². The molecule has 0 bridgehead atoms. The predicted molar refractivity (Wildman–Crippen MR) is 68.3 cm³/mol. The summed E-state index contributed by atoms with van der Waals surface area (Å²) in [7, 11) is 0. The molecule has 0 aromatic carbocycles. The first-order chi connectivity index (χ1) is 8.34. The van der Waals surface area contributed by atoms with E-state index in [0.29, 0.717) is 5.92 Å². The van der Waals surface area contributed by atoms with Crippen molar-refractivity contribution >= 4 is 17.2 Å². The molecule has 0 radical (unpaired) electrons. The van der Waals surface area contributed by atoms with Gasteiger partial charge in [0.05, 0.1) is 17.7 Å². The number of hydrogen-bond acceptors (Lipinski definition) is 2. The number of hydrogen-bond donors (Lipinski definition) is 1. The van der Waals surface area contributed by atoms with Gasteiger partial charge in [0.25, 0.3) is 0 Å². The van der Waals surface area contributed by atoms with Gasteiger partial charge in [0, 0.05) is 0 Å². The molecule has 1 aliphatic carbocycles. The Kier molecular flexibility index (Phi) is 5.85. The minimum atomic E-state index is -4.41. The molecular weight excluding hydrogens is 263 g/mol. The van der Waals surface area contributed by atoms with Gasteiger partial charge in [-0.3, -0.25) is 0 Å². The molecule has 106 valence electrons. The van der Waals surface area contributed by atoms with Crippen LogP contribution in [-0.4, -0.2) is 23.9 Å². The number of alkyl halides is 3. The average molecular weight is 283 g/mol. The van der Waals surface area contributed by atoms with Crippen molar-refractivity contribution in [2.45, 2.75) is 51.3 Å². The highest BCUT2D eigenvalue weighted by molar-refractivity contribution is 7.80. The first-order valence-electron chi connectivity index (χ1n) is 6.32. The Morgan fingerprint density at radius 1 is 1.44 bits per heavy atom. The van der Waals surface area contributed by atoms with E-state index >= 15 is 0 Å². The standard InChI is InChI=1S/C12H20F3NOS/c1-2-8-4-3-5-9(6-8)17-7-10(11(16)18)12(13,14)15/h8-10H,2-7H2,1H3,(H2,16,18). The molecule has 0 saturated heterocycles. The lowest BCUT2D eigenvalue weighted by Crippen LogP contribution is -2.39. The third-order valence-electron chi connectivity index (χ3n) is 3.55. The van der Waals surface area contributed by atoms with Crippen molar-refractivity contribution in [3.05, 3.63) is 0 Å². The molecule has 0 spiro atoms. The summed E-state index contributed by atoms with van der Waals surface area (Å²) in [5.74, 6) is -1.26. The summed E-state index contributed by atoms with van der Waals surface area (Å²) in [4.78, 5) is -0.537. The largest absolute Gasteiger partial charge is 0.400 e. The number of thiocarbonyl (C=S) groups is 1. The Balaban J connectivity index is 2.45. The minimum absolute atomic E-state index is 0.0806. The summed E-state index contributed by atoms with van der Waals surface area (Å²) >= 11 is 4.46. The van der Waals surface area contributed by atoms with Gasteiger partial charge in [0.1, 0.15) is 5.92 Å². The minimum Gasteiger partial charge on any atom is -0.393 e. The number of rotatable bonds is 5. The van der Waals surface area contributed by atoms with Crippen molar-refractivity contribution in [3.8, 4) is 0 Å². The summed E-state index contributed by atoms with van der Waals surface area (Å²) in [6.07, 6.45) is 0.406. The van der Waals surface area contributed by atoms with E-state index in [9.17, 15) is 13.2 Å². The molecule has 3 unspecified atom stereocenters. The smallest absolute Gasteiger partial charge is 0.393 e. The number of nitrogens with two attached hydrogens (primary N) is 1. The maximum atomic E-state index is 12.6. The van der Waals surface area contributed by atoms with Crippen LogP contribution in [0.15, 0.2) is 0 Å². The van der Waals surface area contributed by atoms with E-state index < -0.39 is 23.7 Å². The summed E-state index contributed by atoms with van der Waals surface area (Å²) < 4.78 is 43.2. The fourth-order valence-corrected chi connectivity index (χ4v) is 2.54. The van der Waals surface area contributed by atoms with Gasteiger partial charge in [-0.2, -0.15) is 13.2 Å². The van der Waals surface area contributed by atoms with Gasteiger partial charge in [-0.25, -0.2) is 0 Å². The molecule has 0 aromatic heterocycles. The van der Waals surface area contributed by atoms with Crippen LogP contribution in [0.1, 0.15) is 39.0 Å². The van der Waals surface area contributed by atoms with Gasteiger partial charge in [-0.15, -0.1) is 0 Å². The van der Waals surface area contributed by atoms with Gasteiger partial charge in [-0.05, 0) is 18.8 Å². The third-order valence-corrected chi connectivity index (χ3v) is 3.83.